The van der Waals surface area contributed by atoms with Crippen LogP contribution in [0.4, 0.5) is 4.79 Å². The quantitative estimate of drug-likeness (QED) is 0.711. The fourth-order valence-corrected chi connectivity index (χ4v) is 1.91. The number of likely N-dealkylation sites (tertiary alicyclic amines) is 1. The van der Waals surface area contributed by atoms with Crippen LogP contribution in [0.5, 0.6) is 0 Å². The standard InChI is InChI=1S/C9H13NO5/c1-6(11)4-9(7(12)13)2-3-10(5-9)8(14)15/h2-5H2,1H3,(H,12,13)(H,14,15). The van der Waals surface area contributed by atoms with Crippen molar-refractivity contribution >= 4 is 17.8 Å². The Morgan fingerprint density at radius 3 is 2.27 bits per heavy atom. The second-order valence-electron chi connectivity index (χ2n) is 3.92. The first kappa shape index (κ1) is 11.5. The van der Waals surface area contributed by atoms with E-state index in [4.69, 9.17) is 10.2 Å². The minimum atomic E-state index is -1.22. The molecule has 0 aliphatic carbocycles. The lowest BCUT2D eigenvalue weighted by Crippen LogP contribution is -2.37. The Morgan fingerprint density at radius 2 is 1.93 bits per heavy atom. The van der Waals surface area contributed by atoms with E-state index < -0.39 is 17.5 Å². The van der Waals surface area contributed by atoms with Gasteiger partial charge < -0.3 is 15.1 Å². The highest BCUT2D eigenvalue weighted by Crippen LogP contribution is 2.34. The number of carbonyl (C=O) groups excluding carboxylic acids is 1. The Hall–Kier alpha value is -1.59. The zero-order valence-corrected chi connectivity index (χ0v) is 8.39. The zero-order chi connectivity index (χ0) is 11.6. The maximum Gasteiger partial charge on any atom is 0.407 e. The van der Waals surface area contributed by atoms with E-state index in [-0.39, 0.29) is 31.7 Å². The van der Waals surface area contributed by atoms with Gasteiger partial charge in [-0.1, -0.05) is 0 Å². The van der Waals surface area contributed by atoms with Crippen LogP contribution in [0.2, 0.25) is 0 Å². The molecule has 2 N–H and O–H groups in total. The van der Waals surface area contributed by atoms with E-state index in [1.165, 1.54) is 6.92 Å². The van der Waals surface area contributed by atoms with Crippen LogP contribution in [-0.2, 0) is 9.59 Å². The van der Waals surface area contributed by atoms with E-state index in [0.717, 1.165) is 4.90 Å². The number of amides is 1. The summed E-state index contributed by atoms with van der Waals surface area (Å²) < 4.78 is 0. The van der Waals surface area contributed by atoms with Gasteiger partial charge in [-0.3, -0.25) is 9.59 Å². The van der Waals surface area contributed by atoms with Crippen molar-refractivity contribution in [1.29, 1.82) is 0 Å². The van der Waals surface area contributed by atoms with Crippen molar-refractivity contribution in [3.8, 4) is 0 Å². The molecule has 1 saturated heterocycles. The average Bonchev–Trinajstić information content (AvgIpc) is 2.48. The smallest absolute Gasteiger partial charge is 0.407 e. The largest absolute Gasteiger partial charge is 0.481 e. The lowest BCUT2D eigenvalue weighted by atomic mass is 9.82. The monoisotopic (exact) mass is 215 g/mol. The van der Waals surface area contributed by atoms with Crippen LogP contribution in [0.3, 0.4) is 0 Å². The van der Waals surface area contributed by atoms with Gasteiger partial charge in [0.2, 0.25) is 0 Å². The molecule has 0 saturated carbocycles. The highest BCUT2D eigenvalue weighted by Gasteiger charge is 2.47. The van der Waals surface area contributed by atoms with Gasteiger partial charge in [-0.2, -0.15) is 0 Å². The van der Waals surface area contributed by atoms with E-state index in [1.54, 1.807) is 0 Å². The van der Waals surface area contributed by atoms with Crippen molar-refractivity contribution in [3.05, 3.63) is 0 Å². The molecule has 0 aromatic carbocycles. The second kappa shape index (κ2) is 3.88. The zero-order valence-electron chi connectivity index (χ0n) is 8.39. The van der Waals surface area contributed by atoms with Gasteiger partial charge in [0.05, 0.1) is 5.41 Å². The number of ketones is 1. The molecular weight excluding hydrogens is 202 g/mol. The predicted octanol–water partition coefficient (Wildman–Crippen LogP) is 0.420. The molecule has 1 amide bonds. The normalized spacial score (nSPS) is 25.3. The Labute approximate surface area is 86.5 Å². The minimum Gasteiger partial charge on any atom is -0.481 e. The Morgan fingerprint density at radius 1 is 1.33 bits per heavy atom. The summed E-state index contributed by atoms with van der Waals surface area (Å²) in [5.41, 5.74) is -1.22. The van der Waals surface area contributed by atoms with Crippen molar-refractivity contribution in [2.75, 3.05) is 13.1 Å². The van der Waals surface area contributed by atoms with Gasteiger partial charge in [-0.25, -0.2) is 4.79 Å². The molecule has 1 unspecified atom stereocenters. The first-order valence-electron chi connectivity index (χ1n) is 4.58. The molecule has 6 nitrogen and oxygen atoms in total. The fraction of sp³-hybridized carbons (Fsp3) is 0.667. The Kier molecular flexibility index (Phi) is 2.97. The van der Waals surface area contributed by atoms with Crippen LogP contribution < -0.4 is 0 Å². The molecular formula is C9H13NO5. The molecule has 1 aliphatic heterocycles. The number of carbonyl (C=O) groups is 3. The minimum absolute atomic E-state index is 0.1000. The van der Waals surface area contributed by atoms with Crippen LogP contribution in [0.25, 0.3) is 0 Å². The predicted molar refractivity (Wildman–Crippen MR) is 49.6 cm³/mol. The first-order valence-corrected chi connectivity index (χ1v) is 4.58. The Balaban J connectivity index is 2.82. The maximum absolute atomic E-state index is 11.1. The third-order valence-electron chi connectivity index (χ3n) is 2.67. The van der Waals surface area contributed by atoms with Gasteiger partial charge in [0.1, 0.15) is 5.78 Å². The van der Waals surface area contributed by atoms with E-state index in [2.05, 4.69) is 0 Å². The summed E-state index contributed by atoms with van der Waals surface area (Å²) in [4.78, 5) is 33.7. The number of Topliss-reactive ketones (excluding diaryl/α,β-unsaturated/α-hetero) is 1. The number of hydrogen-bond acceptors (Lipinski definition) is 3. The molecule has 0 radical (unpaired) electrons. The molecule has 1 atom stereocenters. The van der Waals surface area contributed by atoms with Crippen LogP contribution in [0.15, 0.2) is 0 Å². The second-order valence-corrected chi connectivity index (χ2v) is 3.92. The van der Waals surface area contributed by atoms with Crippen molar-refractivity contribution < 1.29 is 24.6 Å². The van der Waals surface area contributed by atoms with E-state index in [9.17, 15) is 14.4 Å². The van der Waals surface area contributed by atoms with Crippen LogP contribution in [0.1, 0.15) is 19.8 Å². The molecule has 0 bridgehead atoms. The van der Waals surface area contributed by atoms with E-state index in [1.807, 2.05) is 0 Å². The molecule has 15 heavy (non-hydrogen) atoms. The molecule has 1 aliphatic rings. The molecule has 0 spiro atoms. The molecule has 0 aromatic heterocycles. The van der Waals surface area contributed by atoms with Crippen molar-refractivity contribution in [1.82, 2.24) is 4.90 Å². The van der Waals surface area contributed by atoms with Gasteiger partial charge in [0.25, 0.3) is 0 Å². The lowest BCUT2D eigenvalue weighted by molar-refractivity contribution is -0.150. The summed E-state index contributed by atoms with van der Waals surface area (Å²) in [5.74, 6) is -1.33. The first-order chi connectivity index (χ1) is 6.87. The third kappa shape index (κ3) is 2.26. The van der Waals surface area contributed by atoms with Crippen LogP contribution in [-0.4, -0.2) is 46.0 Å². The topological polar surface area (TPSA) is 94.9 Å². The third-order valence-corrected chi connectivity index (χ3v) is 2.67. The fourth-order valence-electron chi connectivity index (χ4n) is 1.91. The Bertz CT molecular complexity index is 314. The van der Waals surface area contributed by atoms with Crippen molar-refractivity contribution in [2.24, 2.45) is 5.41 Å². The van der Waals surface area contributed by atoms with Gasteiger partial charge in [0, 0.05) is 19.5 Å². The van der Waals surface area contributed by atoms with Crippen LogP contribution >= 0.6 is 0 Å². The summed E-state index contributed by atoms with van der Waals surface area (Å²) >= 11 is 0. The summed E-state index contributed by atoms with van der Waals surface area (Å²) in [7, 11) is 0. The molecule has 84 valence electrons. The SMILES string of the molecule is CC(=O)CC1(C(=O)O)CCN(C(=O)O)C1. The number of nitrogens with zero attached hydrogens (tertiary/aromatic N) is 1. The molecule has 1 rings (SSSR count). The maximum atomic E-state index is 11.1. The van der Waals surface area contributed by atoms with Gasteiger partial charge in [0.15, 0.2) is 0 Å². The summed E-state index contributed by atoms with van der Waals surface area (Å²) in [6, 6.07) is 0. The molecule has 6 heteroatoms. The van der Waals surface area contributed by atoms with Crippen LogP contribution in [0, 0.1) is 5.41 Å². The lowest BCUT2D eigenvalue weighted by Gasteiger charge is -2.22. The average molecular weight is 215 g/mol. The number of carboxylic acid groups (broad SMARTS) is 2. The van der Waals surface area contributed by atoms with Gasteiger partial charge in [-0.05, 0) is 13.3 Å². The number of rotatable bonds is 3. The summed E-state index contributed by atoms with van der Waals surface area (Å²) in [6.07, 6.45) is -1.04. The number of aliphatic carboxylic acids is 1. The van der Waals surface area contributed by atoms with Crippen molar-refractivity contribution in [3.63, 3.8) is 0 Å². The van der Waals surface area contributed by atoms with Crippen molar-refractivity contribution in [2.45, 2.75) is 19.8 Å². The van der Waals surface area contributed by atoms with Gasteiger partial charge >= 0.3 is 12.1 Å². The molecule has 0 aromatic rings. The summed E-state index contributed by atoms with van der Waals surface area (Å²) in [6.45, 7) is 1.39. The highest BCUT2D eigenvalue weighted by molar-refractivity contribution is 5.86. The number of hydrogen-bond donors (Lipinski definition) is 2. The van der Waals surface area contributed by atoms with E-state index in [0.29, 0.717) is 0 Å². The molecule has 1 heterocycles. The summed E-state index contributed by atoms with van der Waals surface area (Å²) in [5, 5.41) is 17.7. The van der Waals surface area contributed by atoms with Gasteiger partial charge in [-0.15, -0.1) is 0 Å². The number of carboxylic acids is 1. The van der Waals surface area contributed by atoms with E-state index >= 15 is 0 Å². The highest BCUT2D eigenvalue weighted by atomic mass is 16.4. The molecule has 1 fully saturated rings.